The molecule has 0 radical (unpaired) electrons. The molecule has 1 heterocycles. The van der Waals surface area contributed by atoms with Gasteiger partial charge in [-0.15, -0.1) is 0 Å². The van der Waals surface area contributed by atoms with Crippen molar-refractivity contribution in [2.75, 3.05) is 0 Å². The van der Waals surface area contributed by atoms with E-state index in [-0.39, 0.29) is 10.6 Å². The summed E-state index contributed by atoms with van der Waals surface area (Å²) >= 11 is 0. The molecule has 0 fully saturated rings. The standard InChI is InChI=1S/C20H17NO2Si/c1-24(2)19-10-6-4-8-16(19)17-12-11-14(13-20(17)24)15-7-3-5-9-18(15)21(22)23/h3-13H,1-2H3. The number of hydrogen-bond acceptors (Lipinski definition) is 2. The zero-order valence-electron chi connectivity index (χ0n) is 13.6. The summed E-state index contributed by atoms with van der Waals surface area (Å²) in [4.78, 5) is 11.0. The molecule has 3 aromatic carbocycles. The van der Waals surface area contributed by atoms with Gasteiger partial charge >= 0.3 is 0 Å². The molecule has 0 atom stereocenters. The first kappa shape index (κ1) is 14.8. The highest BCUT2D eigenvalue weighted by molar-refractivity contribution is 7.03. The highest BCUT2D eigenvalue weighted by Crippen LogP contribution is 2.34. The Bertz CT molecular complexity index is 979. The fraction of sp³-hybridized carbons (Fsp3) is 0.100. The minimum Gasteiger partial charge on any atom is -0.258 e. The van der Waals surface area contributed by atoms with Crippen LogP contribution in [0.3, 0.4) is 0 Å². The highest BCUT2D eigenvalue weighted by atomic mass is 28.3. The Morgan fingerprint density at radius 3 is 2.17 bits per heavy atom. The second-order valence-electron chi connectivity index (χ2n) is 6.71. The Morgan fingerprint density at radius 2 is 1.42 bits per heavy atom. The first-order chi connectivity index (χ1) is 11.5. The molecule has 24 heavy (non-hydrogen) atoms. The van der Waals surface area contributed by atoms with Gasteiger partial charge in [0.15, 0.2) is 0 Å². The molecular formula is C20H17NO2Si. The lowest BCUT2D eigenvalue weighted by atomic mass is 9.99. The zero-order chi connectivity index (χ0) is 16.9. The van der Waals surface area contributed by atoms with Crippen LogP contribution in [0.25, 0.3) is 22.3 Å². The third-order valence-electron chi connectivity index (χ3n) is 5.00. The van der Waals surface area contributed by atoms with Crippen molar-refractivity contribution in [1.29, 1.82) is 0 Å². The molecule has 0 aliphatic carbocycles. The molecule has 4 rings (SSSR count). The van der Waals surface area contributed by atoms with Crippen LogP contribution in [0.4, 0.5) is 5.69 Å². The van der Waals surface area contributed by atoms with Crippen LogP contribution in [-0.2, 0) is 0 Å². The van der Waals surface area contributed by atoms with Gasteiger partial charge in [0, 0.05) is 6.07 Å². The Labute approximate surface area is 141 Å². The van der Waals surface area contributed by atoms with Gasteiger partial charge in [0.25, 0.3) is 5.69 Å². The van der Waals surface area contributed by atoms with Crippen LogP contribution < -0.4 is 10.4 Å². The first-order valence-corrected chi connectivity index (χ1v) is 11.0. The molecule has 0 aromatic heterocycles. The number of nitro groups is 1. The van der Waals surface area contributed by atoms with Crippen LogP contribution in [-0.4, -0.2) is 13.0 Å². The van der Waals surface area contributed by atoms with E-state index in [9.17, 15) is 10.1 Å². The van der Waals surface area contributed by atoms with Gasteiger partial charge in [-0.05, 0) is 33.1 Å². The van der Waals surface area contributed by atoms with Crippen molar-refractivity contribution in [2.45, 2.75) is 13.1 Å². The summed E-state index contributed by atoms with van der Waals surface area (Å²) in [6, 6.07) is 21.9. The zero-order valence-corrected chi connectivity index (χ0v) is 14.6. The first-order valence-electron chi connectivity index (χ1n) is 7.98. The quantitative estimate of drug-likeness (QED) is 0.404. The summed E-state index contributed by atoms with van der Waals surface area (Å²) in [7, 11) is -1.76. The van der Waals surface area contributed by atoms with Crippen molar-refractivity contribution < 1.29 is 4.92 Å². The minimum absolute atomic E-state index is 0.160. The van der Waals surface area contributed by atoms with Gasteiger partial charge in [-0.1, -0.05) is 67.7 Å². The second-order valence-corrected chi connectivity index (χ2v) is 11.0. The minimum atomic E-state index is -1.76. The van der Waals surface area contributed by atoms with Crippen molar-refractivity contribution in [2.24, 2.45) is 0 Å². The lowest BCUT2D eigenvalue weighted by Crippen LogP contribution is -2.49. The van der Waals surface area contributed by atoms with Gasteiger partial charge in [0.1, 0.15) is 8.07 Å². The summed E-state index contributed by atoms with van der Waals surface area (Å²) in [5, 5.41) is 14.2. The summed E-state index contributed by atoms with van der Waals surface area (Å²) in [6.07, 6.45) is 0. The van der Waals surface area contributed by atoms with E-state index >= 15 is 0 Å². The predicted octanol–water partition coefficient (Wildman–Crippen LogP) is 4.06. The molecule has 0 unspecified atom stereocenters. The molecule has 0 amide bonds. The molecule has 1 aliphatic heterocycles. The van der Waals surface area contributed by atoms with E-state index < -0.39 is 8.07 Å². The number of nitro benzene ring substituents is 1. The number of fused-ring (bicyclic) bond motifs is 3. The maximum Gasteiger partial charge on any atom is 0.277 e. The van der Waals surface area contributed by atoms with Gasteiger partial charge in [-0.3, -0.25) is 10.1 Å². The van der Waals surface area contributed by atoms with Crippen LogP contribution in [0.5, 0.6) is 0 Å². The molecule has 3 nitrogen and oxygen atoms in total. The topological polar surface area (TPSA) is 43.1 Å². The Balaban J connectivity index is 1.94. The molecule has 0 N–H and O–H groups in total. The Morgan fingerprint density at radius 1 is 0.792 bits per heavy atom. The van der Waals surface area contributed by atoms with E-state index in [1.165, 1.54) is 21.5 Å². The van der Waals surface area contributed by atoms with E-state index in [4.69, 9.17) is 0 Å². The number of benzene rings is 3. The molecule has 0 saturated carbocycles. The molecule has 4 heteroatoms. The van der Waals surface area contributed by atoms with Crippen LogP contribution in [0.1, 0.15) is 0 Å². The normalized spacial score (nSPS) is 14.1. The maximum absolute atomic E-state index is 11.3. The Kier molecular flexibility index (Phi) is 3.18. The summed E-state index contributed by atoms with van der Waals surface area (Å²) in [5.41, 5.74) is 4.37. The van der Waals surface area contributed by atoms with Crippen molar-refractivity contribution in [3.05, 3.63) is 76.8 Å². The SMILES string of the molecule is C[Si]1(C)c2ccccc2-c2ccc(-c3ccccc3[N+](=O)[O-])cc21. The van der Waals surface area contributed by atoms with Gasteiger partial charge < -0.3 is 0 Å². The maximum atomic E-state index is 11.3. The van der Waals surface area contributed by atoms with Gasteiger partial charge in [-0.25, -0.2) is 0 Å². The number of rotatable bonds is 2. The largest absolute Gasteiger partial charge is 0.277 e. The van der Waals surface area contributed by atoms with Crippen LogP contribution >= 0.6 is 0 Å². The average molecular weight is 331 g/mol. The van der Waals surface area contributed by atoms with Crippen LogP contribution in [0.15, 0.2) is 66.7 Å². The van der Waals surface area contributed by atoms with Crippen molar-refractivity contribution >= 4 is 24.1 Å². The molecule has 118 valence electrons. The van der Waals surface area contributed by atoms with Crippen LogP contribution in [0.2, 0.25) is 13.1 Å². The summed E-state index contributed by atoms with van der Waals surface area (Å²) in [5.74, 6) is 0. The van der Waals surface area contributed by atoms with Gasteiger partial charge in [0.2, 0.25) is 0 Å². The van der Waals surface area contributed by atoms with Crippen molar-refractivity contribution in [1.82, 2.24) is 0 Å². The molecule has 0 spiro atoms. The molecular weight excluding hydrogens is 314 g/mol. The third-order valence-corrected chi connectivity index (χ3v) is 8.54. The van der Waals surface area contributed by atoms with Crippen molar-refractivity contribution in [3.8, 4) is 22.3 Å². The van der Waals surface area contributed by atoms with E-state index in [2.05, 4.69) is 49.5 Å². The van der Waals surface area contributed by atoms with Gasteiger partial charge in [0.05, 0.1) is 10.5 Å². The molecule has 3 aromatic rings. The summed E-state index contributed by atoms with van der Waals surface area (Å²) in [6.45, 7) is 4.70. The van der Waals surface area contributed by atoms with Gasteiger partial charge in [-0.2, -0.15) is 0 Å². The monoisotopic (exact) mass is 331 g/mol. The Hall–Kier alpha value is -2.72. The van der Waals surface area contributed by atoms with E-state index in [1.54, 1.807) is 12.1 Å². The smallest absolute Gasteiger partial charge is 0.258 e. The van der Waals surface area contributed by atoms with E-state index in [1.807, 2.05) is 18.2 Å². The fourth-order valence-electron chi connectivity index (χ4n) is 3.75. The fourth-order valence-corrected chi connectivity index (χ4v) is 6.85. The highest BCUT2D eigenvalue weighted by Gasteiger charge is 2.37. The third kappa shape index (κ3) is 2.03. The van der Waals surface area contributed by atoms with Crippen molar-refractivity contribution in [3.63, 3.8) is 0 Å². The average Bonchev–Trinajstić information content (AvgIpc) is 2.83. The lowest BCUT2D eigenvalue weighted by molar-refractivity contribution is -0.384. The molecule has 0 saturated heterocycles. The summed E-state index contributed by atoms with van der Waals surface area (Å²) < 4.78 is 0. The predicted molar refractivity (Wildman–Crippen MR) is 101 cm³/mol. The number of hydrogen-bond donors (Lipinski definition) is 0. The van der Waals surface area contributed by atoms with E-state index in [0.29, 0.717) is 5.56 Å². The number of nitrogens with zero attached hydrogens (tertiary/aromatic N) is 1. The van der Waals surface area contributed by atoms with Crippen LogP contribution in [0, 0.1) is 10.1 Å². The second kappa shape index (κ2) is 5.14. The number of para-hydroxylation sites is 1. The van der Waals surface area contributed by atoms with E-state index in [0.717, 1.165) is 5.56 Å². The lowest BCUT2D eigenvalue weighted by Gasteiger charge is -2.19. The molecule has 1 aliphatic rings. The molecule has 0 bridgehead atoms.